The molecule has 1 saturated carbocycles. The number of hydrogen-bond donors (Lipinski definition) is 3. The number of rotatable bonds is 7. The Morgan fingerprint density at radius 3 is 2.50 bits per heavy atom. The van der Waals surface area contributed by atoms with Gasteiger partial charge in [0.1, 0.15) is 18.1 Å². The summed E-state index contributed by atoms with van der Waals surface area (Å²) in [6, 6.07) is -0.322. The van der Waals surface area contributed by atoms with Crippen molar-refractivity contribution in [1.82, 2.24) is 20.9 Å². The molecule has 2 heterocycles. The van der Waals surface area contributed by atoms with Crippen LogP contribution in [0.15, 0.2) is 0 Å². The summed E-state index contributed by atoms with van der Waals surface area (Å²) in [7, 11) is 0. The van der Waals surface area contributed by atoms with Gasteiger partial charge in [0.05, 0.1) is 12.5 Å². The molecule has 0 radical (unpaired) electrons. The summed E-state index contributed by atoms with van der Waals surface area (Å²) in [6.07, 6.45) is 5.97. The van der Waals surface area contributed by atoms with Gasteiger partial charge in [-0.1, -0.05) is 40.5 Å². The highest BCUT2D eigenvalue weighted by Crippen LogP contribution is 2.65. The second-order valence-corrected chi connectivity index (χ2v) is 11.3. The third kappa shape index (κ3) is 4.89. The van der Waals surface area contributed by atoms with Gasteiger partial charge in [-0.3, -0.25) is 19.2 Å². The van der Waals surface area contributed by atoms with Gasteiger partial charge in [-0.25, -0.2) is 0 Å². The molecule has 2 saturated heterocycles. The first kappa shape index (κ1) is 25.6. The lowest BCUT2D eigenvalue weighted by molar-refractivity contribution is -0.145. The number of hydrogen-bond acceptors (Lipinski definition) is 5. The number of amides is 4. The van der Waals surface area contributed by atoms with Crippen LogP contribution in [0.4, 0.5) is 0 Å². The maximum absolute atomic E-state index is 13.7. The van der Waals surface area contributed by atoms with E-state index < -0.39 is 29.4 Å². The Bertz CT molecular complexity index is 954. The van der Waals surface area contributed by atoms with E-state index in [2.05, 4.69) is 41.8 Å². The van der Waals surface area contributed by atoms with Gasteiger partial charge in [-0.05, 0) is 35.5 Å². The molecular weight excluding hydrogens is 434 g/mol. The van der Waals surface area contributed by atoms with Gasteiger partial charge in [0.2, 0.25) is 23.6 Å². The molecule has 0 aromatic rings. The van der Waals surface area contributed by atoms with Crippen LogP contribution < -0.4 is 16.0 Å². The van der Waals surface area contributed by atoms with Gasteiger partial charge < -0.3 is 20.9 Å². The SMILES string of the molecule is C#CCC(=O)N[C@H](C(=O)N1C[C@H]2[C@@H]([C@H]1C(=O)N[C@H](C#N)C[C@@H]1CCNC1=O)C2(C)C)C(C)(C)C. The van der Waals surface area contributed by atoms with E-state index in [1.54, 1.807) is 4.90 Å². The number of nitrogens with zero attached hydrogens (tertiary/aromatic N) is 2. The highest BCUT2D eigenvalue weighted by molar-refractivity contribution is 5.94. The van der Waals surface area contributed by atoms with Gasteiger partial charge in [-0.15, -0.1) is 6.42 Å². The topological polar surface area (TPSA) is 131 Å². The molecule has 0 aromatic heterocycles. The Labute approximate surface area is 201 Å². The van der Waals surface area contributed by atoms with Crippen molar-refractivity contribution >= 4 is 23.6 Å². The molecule has 9 nitrogen and oxygen atoms in total. The molecular formula is C25H35N5O4. The van der Waals surface area contributed by atoms with E-state index in [1.165, 1.54) is 0 Å². The van der Waals surface area contributed by atoms with Gasteiger partial charge >= 0.3 is 0 Å². The second kappa shape index (κ2) is 9.29. The standard InChI is InChI=1S/C25H35N5O4/c1-7-8-17(31)29-20(24(2,3)4)23(34)30-13-16-18(25(16,5)6)19(30)22(33)28-15(12-26)11-14-9-10-27-21(14)32/h1,14-16,18-20H,8-11,13H2,2-6H3,(H,27,32)(H,28,33)(H,29,31)/t14-,15-,16-,18-,19-,20+/m0/s1. The number of carbonyl (C=O) groups excluding carboxylic acids is 4. The average Bonchev–Trinajstić information content (AvgIpc) is 3.11. The number of nitriles is 1. The highest BCUT2D eigenvalue weighted by Gasteiger charge is 2.69. The largest absolute Gasteiger partial charge is 0.356 e. The lowest BCUT2D eigenvalue weighted by atomic mass is 9.85. The van der Waals surface area contributed by atoms with Crippen LogP contribution in [0.1, 0.15) is 53.9 Å². The van der Waals surface area contributed by atoms with E-state index in [4.69, 9.17) is 6.42 Å². The van der Waals surface area contributed by atoms with Crippen LogP contribution in [-0.4, -0.2) is 59.7 Å². The Balaban J connectivity index is 1.79. The fraction of sp³-hybridized carbons (Fsp3) is 0.720. The molecule has 9 heteroatoms. The van der Waals surface area contributed by atoms with Crippen LogP contribution in [0, 0.1) is 52.3 Å². The van der Waals surface area contributed by atoms with E-state index in [0.717, 1.165) is 0 Å². The van der Waals surface area contributed by atoms with E-state index >= 15 is 0 Å². The summed E-state index contributed by atoms with van der Waals surface area (Å²) in [5.41, 5.74) is -0.702. The fourth-order valence-corrected chi connectivity index (χ4v) is 5.49. The molecule has 0 bridgehead atoms. The van der Waals surface area contributed by atoms with Crippen molar-refractivity contribution in [2.24, 2.45) is 28.6 Å². The minimum Gasteiger partial charge on any atom is -0.356 e. The Hall–Kier alpha value is -3.07. The van der Waals surface area contributed by atoms with Crippen molar-refractivity contribution in [2.75, 3.05) is 13.1 Å². The van der Waals surface area contributed by atoms with Crippen LogP contribution >= 0.6 is 0 Å². The highest BCUT2D eigenvalue weighted by atomic mass is 16.2. The number of terminal acetylenes is 1. The minimum absolute atomic E-state index is 0.0346. The zero-order valence-electron chi connectivity index (χ0n) is 20.6. The Kier molecular flexibility index (Phi) is 6.98. The average molecular weight is 470 g/mol. The van der Waals surface area contributed by atoms with Crippen LogP contribution in [0.2, 0.25) is 0 Å². The molecule has 2 aliphatic heterocycles. The smallest absolute Gasteiger partial charge is 0.246 e. The molecule has 3 rings (SSSR count). The number of likely N-dealkylation sites (tertiary alicyclic amines) is 1. The molecule has 1 aliphatic carbocycles. The number of fused-ring (bicyclic) bond motifs is 1. The molecule has 0 aromatic carbocycles. The summed E-state index contributed by atoms with van der Waals surface area (Å²) >= 11 is 0. The summed E-state index contributed by atoms with van der Waals surface area (Å²) < 4.78 is 0. The zero-order chi connectivity index (χ0) is 25.4. The molecule has 6 atom stereocenters. The third-order valence-electron chi connectivity index (χ3n) is 7.60. The quantitative estimate of drug-likeness (QED) is 0.469. The molecule has 4 amide bonds. The van der Waals surface area contributed by atoms with E-state index in [1.807, 2.05) is 20.8 Å². The van der Waals surface area contributed by atoms with Gasteiger partial charge in [-0.2, -0.15) is 5.26 Å². The van der Waals surface area contributed by atoms with Crippen LogP contribution in [0.5, 0.6) is 0 Å². The summed E-state index contributed by atoms with van der Waals surface area (Å²) in [5, 5.41) is 17.9. The molecule has 0 unspecified atom stereocenters. The van der Waals surface area contributed by atoms with Gasteiger partial charge in [0.25, 0.3) is 0 Å². The van der Waals surface area contributed by atoms with Gasteiger partial charge in [0, 0.05) is 19.0 Å². The lowest BCUT2D eigenvalue weighted by Crippen LogP contribution is -2.59. The van der Waals surface area contributed by atoms with Crippen molar-refractivity contribution < 1.29 is 19.2 Å². The van der Waals surface area contributed by atoms with E-state index in [-0.39, 0.29) is 53.7 Å². The first-order valence-corrected chi connectivity index (χ1v) is 11.8. The monoisotopic (exact) mass is 469 g/mol. The molecule has 34 heavy (non-hydrogen) atoms. The van der Waals surface area contributed by atoms with Crippen molar-refractivity contribution in [3.05, 3.63) is 0 Å². The van der Waals surface area contributed by atoms with Crippen LogP contribution in [-0.2, 0) is 19.2 Å². The summed E-state index contributed by atoms with van der Waals surface area (Å²) in [6.45, 7) is 10.7. The normalized spacial score (nSPS) is 28.6. The zero-order valence-corrected chi connectivity index (χ0v) is 20.6. The third-order valence-corrected chi connectivity index (χ3v) is 7.60. The van der Waals surface area contributed by atoms with Crippen molar-refractivity contribution in [2.45, 2.75) is 72.0 Å². The molecule has 3 fully saturated rings. The van der Waals surface area contributed by atoms with Crippen molar-refractivity contribution in [1.29, 1.82) is 5.26 Å². The number of piperidine rings is 1. The second-order valence-electron chi connectivity index (χ2n) is 11.3. The maximum atomic E-state index is 13.7. The van der Waals surface area contributed by atoms with Crippen molar-refractivity contribution in [3.8, 4) is 18.4 Å². The molecule has 184 valence electrons. The van der Waals surface area contributed by atoms with E-state index in [0.29, 0.717) is 19.5 Å². The molecule has 3 aliphatic rings. The Morgan fingerprint density at radius 1 is 1.29 bits per heavy atom. The van der Waals surface area contributed by atoms with Crippen LogP contribution in [0.25, 0.3) is 0 Å². The summed E-state index contributed by atoms with van der Waals surface area (Å²) in [5.74, 6) is 0.861. The number of carbonyl (C=O) groups is 4. The number of nitrogens with one attached hydrogen (secondary N) is 3. The fourth-order valence-electron chi connectivity index (χ4n) is 5.49. The van der Waals surface area contributed by atoms with Gasteiger partial charge in [0.15, 0.2) is 0 Å². The predicted molar refractivity (Wildman–Crippen MR) is 124 cm³/mol. The summed E-state index contributed by atoms with van der Waals surface area (Å²) in [4.78, 5) is 52.8. The molecule has 0 spiro atoms. The minimum atomic E-state index is -0.849. The van der Waals surface area contributed by atoms with E-state index in [9.17, 15) is 24.4 Å². The Morgan fingerprint density at radius 2 is 1.97 bits per heavy atom. The van der Waals surface area contributed by atoms with Crippen molar-refractivity contribution in [3.63, 3.8) is 0 Å². The first-order chi connectivity index (χ1) is 15.8. The predicted octanol–water partition coefficient (Wildman–Crippen LogP) is 0.558. The van der Waals surface area contributed by atoms with Crippen LogP contribution in [0.3, 0.4) is 0 Å². The maximum Gasteiger partial charge on any atom is 0.246 e. The lowest BCUT2D eigenvalue weighted by Gasteiger charge is -2.37. The molecule has 3 N–H and O–H groups in total. The first-order valence-electron chi connectivity index (χ1n) is 11.8.